The molecule has 0 aliphatic heterocycles. The highest BCUT2D eigenvalue weighted by molar-refractivity contribution is 5.81. The summed E-state index contributed by atoms with van der Waals surface area (Å²) >= 11 is 0. The summed E-state index contributed by atoms with van der Waals surface area (Å²) in [4.78, 5) is 54.6. The lowest BCUT2D eigenvalue weighted by Crippen LogP contribution is -2.37. The van der Waals surface area contributed by atoms with Crippen molar-refractivity contribution >= 4 is 83.3 Å². The Morgan fingerprint density at radius 2 is 0.447 bits per heavy atom. The quantitative estimate of drug-likeness (QED) is 0.0334. The molecule has 3 aromatic heterocycles. The van der Waals surface area contributed by atoms with Gasteiger partial charge in [-0.25, -0.2) is 29.2 Å². The third-order valence-corrected chi connectivity index (χ3v) is 4.10. The number of guanidine groups is 5. The minimum atomic E-state index is -0.422. The predicted octanol–water partition coefficient (Wildman–Crippen LogP) is -6.88. The number of aromatic nitrogens is 9. The summed E-state index contributed by atoms with van der Waals surface area (Å²) in [7, 11) is 0. The molecule has 0 saturated carbocycles. The van der Waals surface area contributed by atoms with Gasteiger partial charge in [0.1, 0.15) is 0 Å². The maximum Gasteiger partial charge on any atom is 0.275 e. The van der Waals surface area contributed by atoms with Crippen LogP contribution in [0.5, 0.6) is 0 Å². The summed E-state index contributed by atoms with van der Waals surface area (Å²) in [6.45, 7) is 0. The SMILES string of the molecule is NNC(N)=Nc1nc(N=Nc2nc(N=C(N)NN)nc(N=C(N)NN)n2)nc(N=Nc2nc(N=C(N)NN)nc(N=C(N)NN)n2)n1. The lowest BCUT2D eigenvalue weighted by molar-refractivity contribution is 0.919. The molecule has 33 heteroatoms. The Bertz CT molecular complexity index is 1570. The van der Waals surface area contributed by atoms with E-state index in [1.165, 1.54) is 0 Å². The molecule has 3 aromatic rings. The van der Waals surface area contributed by atoms with Crippen molar-refractivity contribution in [2.45, 2.75) is 0 Å². The molecule has 47 heavy (non-hydrogen) atoms. The summed E-state index contributed by atoms with van der Waals surface area (Å²) in [6, 6.07) is 0. The van der Waals surface area contributed by atoms with Crippen LogP contribution in [0.3, 0.4) is 0 Å². The highest BCUT2D eigenvalue weighted by Crippen LogP contribution is 2.22. The molecular weight excluding hydrogens is 630 g/mol. The second-order valence-electron chi connectivity index (χ2n) is 7.31. The van der Waals surface area contributed by atoms with Crippen LogP contribution in [0.4, 0.5) is 53.5 Å². The molecule has 0 spiro atoms. The number of hydrogen-bond donors (Lipinski definition) is 15. The monoisotopic (exact) mass is 655 g/mol. The number of azo groups is 2. The van der Waals surface area contributed by atoms with Gasteiger partial charge >= 0.3 is 0 Å². The van der Waals surface area contributed by atoms with Crippen LogP contribution in [0, 0.1) is 0 Å². The number of nitrogens with one attached hydrogen (secondary N) is 5. The molecule has 0 aliphatic rings. The third kappa shape index (κ3) is 10.9. The predicted molar refractivity (Wildman–Crippen MR) is 161 cm³/mol. The first kappa shape index (κ1) is 33.9. The van der Waals surface area contributed by atoms with Gasteiger partial charge in [-0.15, -0.1) is 20.5 Å². The zero-order chi connectivity index (χ0) is 34.3. The second kappa shape index (κ2) is 16.3. The van der Waals surface area contributed by atoms with E-state index >= 15 is 0 Å². The highest BCUT2D eigenvalue weighted by atomic mass is 15.4. The maximum atomic E-state index is 5.61. The van der Waals surface area contributed by atoms with Crippen molar-refractivity contribution in [3.8, 4) is 0 Å². The van der Waals surface area contributed by atoms with E-state index in [0.717, 1.165) is 0 Å². The largest absolute Gasteiger partial charge is 0.368 e. The maximum absolute atomic E-state index is 5.61. The Labute approximate surface area is 259 Å². The Kier molecular flexibility index (Phi) is 11.7. The van der Waals surface area contributed by atoms with E-state index in [-0.39, 0.29) is 71.4 Å². The van der Waals surface area contributed by atoms with Crippen LogP contribution in [0.25, 0.3) is 0 Å². The molecule has 25 N–H and O–H groups in total. The van der Waals surface area contributed by atoms with Gasteiger partial charge in [0.2, 0.25) is 29.8 Å². The van der Waals surface area contributed by atoms with Crippen molar-refractivity contribution in [3.63, 3.8) is 0 Å². The molecule has 0 aromatic carbocycles. The smallest absolute Gasteiger partial charge is 0.275 e. The number of hydrogen-bond acceptors (Lipinski definition) is 23. The van der Waals surface area contributed by atoms with Gasteiger partial charge in [0.15, 0.2) is 0 Å². The van der Waals surface area contributed by atoms with Gasteiger partial charge in [-0.3, -0.25) is 27.1 Å². The molecule has 246 valence electrons. The summed E-state index contributed by atoms with van der Waals surface area (Å²) < 4.78 is 0. The van der Waals surface area contributed by atoms with E-state index < -0.39 is 11.9 Å². The molecule has 0 unspecified atom stereocenters. The third-order valence-electron chi connectivity index (χ3n) is 4.10. The summed E-state index contributed by atoms with van der Waals surface area (Å²) in [6.07, 6.45) is 0. The molecule has 0 aliphatic carbocycles. The normalized spacial score (nSPS) is 13.3. The fourth-order valence-electron chi connectivity index (χ4n) is 2.34. The van der Waals surface area contributed by atoms with Gasteiger partial charge in [0.05, 0.1) is 0 Å². The standard InChI is InChI=1S/C14H25N33/c15-1(39-20)25-6-30-7(26-2(16)40-21)33-11(32-6)44-46-13-36-10(29-5(19)43-24)37-14(38-13)47-45-12-34-8(27-3(17)41-22)31-9(35-12)28-4(18)42-23/h20-24H2,(H3,19,29,36,37,38,43)(H6,15,16,25,26,30,32,33,39,40)(H6,17,18,27,28,31,34,35,41,42). The van der Waals surface area contributed by atoms with Crippen molar-refractivity contribution in [2.24, 2.45) is 103 Å². The number of hydrazine groups is 5. The zero-order valence-corrected chi connectivity index (χ0v) is 23.3. The van der Waals surface area contributed by atoms with E-state index in [1.807, 2.05) is 0 Å². The molecule has 0 radical (unpaired) electrons. The summed E-state index contributed by atoms with van der Waals surface area (Å²) in [5.74, 6) is 21.6. The van der Waals surface area contributed by atoms with E-state index in [0.29, 0.717) is 0 Å². The fourth-order valence-corrected chi connectivity index (χ4v) is 2.34. The highest BCUT2D eigenvalue weighted by Gasteiger charge is 2.11. The molecule has 0 fully saturated rings. The topological polar surface area (TPSA) is 548 Å². The summed E-state index contributed by atoms with van der Waals surface area (Å²) in [5.41, 5.74) is 38.3. The van der Waals surface area contributed by atoms with Crippen molar-refractivity contribution in [1.82, 2.24) is 72.0 Å². The minimum Gasteiger partial charge on any atom is -0.368 e. The first-order valence-corrected chi connectivity index (χ1v) is 11.7. The lowest BCUT2D eigenvalue weighted by atomic mass is 10.8. The van der Waals surface area contributed by atoms with Crippen molar-refractivity contribution < 1.29 is 0 Å². The first-order chi connectivity index (χ1) is 22.5. The number of nitrogens with zero attached hydrogens (tertiary/aromatic N) is 18. The van der Waals surface area contributed by atoms with E-state index in [9.17, 15) is 0 Å². The van der Waals surface area contributed by atoms with Gasteiger partial charge in [0, 0.05) is 0 Å². The molecular formula is C14H25N33. The van der Waals surface area contributed by atoms with Crippen LogP contribution in [-0.4, -0.2) is 74.7 Å². The van der Waals surface area contributed by atoms with Crippen LogP contribution in [-0.2, 0) is 0 Å². The molecule has 0 saturated heterocycles. The molecule has 3 rings (SSSR count). The number of rotatable bonds is 9. The molecule has 0 bridgehead atoms. The van der Waals surface area contributed by atoms with Crippen LogP contribution >= 0.6 is 0 Å². The molecule has 0 amide bonds. The van der Waals surface area contributed by atoms with Crippen molar-refractivity contribution in [2.75, 3.05) is 0 Å². The van der Waals surface area contributed by atoms with Crippen LogP contribution in [0.15, 0.2) is 45.4 Å². The number of nitrogens with two attached hydrogens (primary N) is 10. The van der Waals surface area contributed by atoms with Crippen molar-refractivity contribution in [3.05, 3.63) is 0 Å². The lowest BCUT2D eigenvalue weighted by Gasteiger charge is -2.02. The average molecular weight is 656 g/mol. The van der Waals surface area contributed by atoms with E-state index in [1.54, 1.807) is 0 Å². The first-order valence-electron chi connectivity index (χ1n) is 11.7. The number of aliphatic imine (C=N–C) groups is 5. The Morgan fingerprint density at radius 3 is 0.617 bits per heavy atom. The Hall–Kier alpha value is -7.62. The zero-order valence-electron chi connectivity index (χ0n) is 23.3. The Morgan fingerprint density at radius 1 is 0.298 bits per heavy atom. The Balaban J connectivity index is 2.09. The van der Waals surface area contributed by atoms with E-state index in [2.05, 4.69) is 117 Å². The minimum absolute atomic E-state index is 0.268. The average Bonchev–Trinajstić information content (AvgIpc) is 3.05. The van der Waals surface area contributed by atoms with Crippen LogP contribution in [0.1, 0.15) is 0 Å². The van der Waals surface area contributed by atoms with Gasteiger partial charge in [-0.1, -0.05) is 0 Å². The molecule has 33 nitrogen and oxygen atoms in total. The van der Waals surface area contributed by atoms with Crippen LogP contribution in [0.2, 0.25) is 0 Å². The van der Waals surface area contributed by atoms with Gasteiger partial charge in [-0.2, -0.15) is 69.8 Å². The fraction of sp³-hybridized carbons (Fsp3) is 0. The molecule has 0 atom stereocenters. The second-order valence-corrected chi connectivity index (χ2v) is 7.31. The molecule has 3 heterocycles. The van der Waals surface area contributed by atoms with E-state index in [4.69, 9.17) is 57.9 Å². The van der Waals surface area contributed by atoms with Gasteiger partial charge in [0.25, 0.3) is 53.5 Å². The van der Waals surface area contributed by atoms with Crippen molar-refractivity contribution in [1.29, 1.82) is 0 Å². The van der Waals surface area contributed by atoms with Gasteiger partial charge in [-0.05, 0) is 0 Å². The van der Waals surface area contributed by atoms with Crippen LogP contribution < -0.4 is 85.0 Å². The van der Waals surface area contributed by atoms with Gasteiger partial charge < -0.3 is 28.7 Å². The summed E-state index contributed by atoms with van der Waals surface area (Å²) in [5, 5.41) is 15.4.